The molecule has 2 spiro atoms. The Kier molecular flexibility index (Phi) is 6.79. The summed E-state index contributed by atoms with van der Waals surface area (Å²) in [6.07, 6.45) is 19.5. The van der Waals surface area contributed by atoms with Crippen molar-refractivity contribution in [3.63, 3.8) is 0 Å². The summed E-state index contributed by atoms with van der Waals surface area (Å²) in [5.74, 6) is 4.01. The van der Waals surface area contributed by atoms with Crippen molar-refractivity contribution in [2.45, 2.75) is 142 Å². The minimum absolute atomic E-state index is 0.121. The third-order valence-electron chi connectivity index (χ3n) is 15.1. The van der Waals surface area contributed by atoms with E-state index in [1.165, 1.54) is 64.2 Å². The summed E-state index contributed by atoms with van der Waals surface area (Å²) in [7, 11) is 0. The van der Waals surface area contributed by atoms with Crippen LogP contribution in [0.1, 0.15) is 117 Å². The van der Waals surface area contributed by atoms with Crippen LogP contribution in [0.5, 0.6) is 0 Å². The van der Waals surface area contributed by atoms with Gasteiger partial charge in [-0.3, -0.25) is 4.79 Å². The molecule has 8 rings (SSSR count). The predicted octanol–water partition coefficient (Wildman–Crippen LogP) is 6.54. The Morgan fingerprint density at radius 2 is 1.79 bits per heavy atom. The summed E-state index contributed by atoms with van der Waals surface area (Å²) in [6.45, 7) is 9.54. The molecule has 6 aliphatic carbocycles. The molecule has 8 aliphatic rings. The number of hydrogen-bond donors (Lipinski definition) is 0. The van der Waals surface area contributed by atoms with E-state index in [0.717, 1.165) is 37.4 Å². The molecule has 6 nitrogen and oxygen atoms in total. The first kappa shape index (κ1) is 28.5. The van der Waals surface area contributed by atoms with E-state index in [4.69, 9.17) is 14.2 Å². The number of carbonyl (C=O) groups is 2. The molecule has 0 aromatic carbocycles. The second-order valence-corrected chi connectivity index (χ2v) is 17.1. The van der Waals surface area contributed by atoms with Gasteiger partial charge in [0.15, 0.2) is 6.29 Å². The van der Waals surface area contributed by atoms with Crippen LogP contribution in [0.3, 0.4) is 0 Å². The van der Waals surface area contributed by atoms with Gasteiger partial charge in [0, 0.05) is 19.4 Å². The summed E-state index contributed by atoms with van der Waals surface area (Å²) in [5, 5.41) is 0. The van der Waals surface area contributed by atoms with Crippen LogP contribution in [0.2, 0.25) is 0 Å². The molecule has 0 N–H and O–H groups in total. The summed E-state index contributed by atoms with van der Waals surface area (Å²) < 4.78 is 19.7. The third kappa shape index (κ3) is 4.19. The smallest absolute Gasteiger partial charge is 0.223 e. The minimum Gasteiger partial charge on any atom is -0.375 e. The number of hydrogen-bond acceptors (Lipinski definition) is 5. The summed E-state index contributed by atoms with van der Waals surface area (Å²) in [6, 6.07) is 0. The number of nitrogens with zero attached hydrogens (tertiary/aromatic N) is 1. The fourth-order valence-corrected chi connectivity index (χ4v) is 12.8. The lowest BCUT2D eigenvalue weighted by atomic mass is 9.46. The van der Waals surface area contributed by atoms with E-state index in [9.17, 15) is 9.59 Å². The van der Waals surface area contributed by atoms with Crippen LogP contribution in [0, 0.1) is 51.2 Å². The minimum atomic E-state index is -0.280. The van der Waals surface area contributed by atoms with Crippen LogP contribution in [-0.4, -0.2) is 61.4 Å². The molecule has 0 radical (unpaired) electrons. The summed E-state index contributed by atoms with van der Waals surface area (Å²) >= 11 is 0. The Labute approximate surface area is 253 Å². The Bertz CT molecular complexity index is 1090. The van der Waals surface area contributed by atoms with Crippen LogP contribution in [0.4, 0.5) is 0 Å². The normalized spacial score (nSPS) is 50.5. The van der Waals surface area contributed by atoms with Crippen molar-refractivity contribution in [3.8, 4) is 0 Å². The van der Waals surface area contributed by atoms with E-state index >= 15 is 0 Å². The zero-order valence-corrected chi connectivity index (χ0v) is 26.5. The van der Waals surface area contributed by atoms with Crippen molar-refractivity contribution in [3.05, 3.63) is 0 Å². The van der Waals surface area contributed by atoms with Gasteiger partial charge in [0.2, 0.25) is 5.91 Å². The number of carbonyl (C=O) groups excluding carboxylic acids is 2. The largest absolute Gasteiger partial charge is 0.375 e. The molecule has 234 valence electrons. The van der Waals surface area contributed by atoms with Crippen molar-refractivity contribution < 1.29 is 23.8 Å². The average molecular weight is 582 g/mol. The van der Waals surface area contributed by atoms with E-state index in [1.807, 2.05) is 4.90 Å². The highest BCUT2D eigenvalue weighted by molar-refractivity contribution is 5.76. The summed E-state index contributed by atoms with van der Waals surface area (Å²) in [5.41, 5.74) is 1.60. The summed E-state index contributed by atoms with van der Waals surface area (Å²) in [4.78, 5) is 25.8. The maximum atomic E-state index is 12.8. The first-order chi connectivity index (χ1) is 20.2. The topological polar surface area (TPSA) is 65.1 Å². The van der Waals surface area contributed by atoms with Crippen molar-refractivity contribution in [2.24, 2.45) is 51.2 Å². The van der Waals surface area contributed by atoms with E-state index in [1.54, 1.807) is 0 Å². The van der Waals surface area contributed by atoms with Gasteiger partial charge >= 0.3 is 0 Å². The van der Waals surface area contributed by atoms with Crippen LogP contribution in [-0.2, 0) is 23.8 Å². The number of rotatable bonds is 7. The van der Waals surface area contributed by atoms with Gasteiger partial charge in [0.05, 0.1) is 31.5 Å². The molecule has 8 fully saturated rings. The Morgan fingerprint density at radius 3 is 2.60 bits per heavy atom. The molecule has 2 saturated heterocycles. The first-order valence-corrected chi connectivity index (χ1v) is 17.8. The number of ether oxygens (including phenoxy) is 3. The maximum absolute atomic E-state index is 12.8. The highest BCUT2D eigenvalue weighted by atomic mass is 16.7. The van der Waals surface area contributed by atoms with Crippen molar-refractivity contribution in [2.75, 3.05) is 19.7 Å². The molecule has 10 unspecified atom stereocenters. The molecular weight excluding hydrogens is 526 g/mol. The molecule has 6 saturated carbocycles. The molecule has 11 atom stereocenters. The fraction of sp³-hybridized carbons (Fsp3) is 0.944. The lowest BCUT2D eigenvalue weighted by Gasteiger charge is -2.60. The van der Waals surface area contributed by atoms with Crippen LogP contribution >= 0.6 is 0 Å². The standard InChI is InChI=1S/C36H55NO5/c1-33(2)29-11-10-25-27-20-28-26(9-8-24(41-28)5-4-17-38)34(27,3)14-15-35(25)22-36(29,35)13-12-30(33)42-32-21-37(16-18-40-32)31(39)19-23-6-7-23/h17,23-30,32H,4-16,18-22H2,1-3H3/t24?,25?,26?,27?,28?,29?,30-,32?,34?,35?,36?/m0/s1. The second-order valence-electron chi connectivity index (χ2n) is 17.1. The van der Waals surface area contributed by atoms with Crippen LogP contribution < -0.4 is 0 Å². The van der Waals surface area contributed by atoms with Crippen molar-refractivity contribution in [1.29, 1.82) is 0 Å². The third-order valence-corrected chi connectivity index (χ3v) is 15.1. The number of fused-ring (bicyclic) bond motifs is 4. The van der Waals surface area contributed by atoms with Gasteiger partial charge in [0.25, 0.3) is 0 Å². The Morgan fingerprint density at radius 1 is 0.952 bits per heavy atom. The van der Waals surface area contributed by atoms with E-state index in [-0.39, 0.29) is 17.8 Å². The quantitative estimate of drug-likeness (QED) is 0.320. The molecule has 2 heterocycles. The van der Waals surface area contributed by atoms with E-state index < -0.39 is 0 Å². The molecule has 1 amide bonds. The number of morpholine rings is 1. The average Bonchev–Trinajstić information content (AvgIpc) is 3.89. The van der Waals surface area contributed by atoms with E-state index in [0.29, 0.717) is 84.7 Å². The van der Waals surface area contributed by atoms with Gasteiger partial charge in [-0.2, -0.15) is 0 Å². The molecule has 6 heteroatoms. The van der Waals surface area contributed by atoms with Gasteiger partial charge in [0.1, 0.15) is 6.29 Å². The van der Waals surface area contributed by atoms with Crippen molar-refractivity contribution >= 4 is 12.2 Å². The molecule has 0 bridgehead atoms. The SMILES string of the molecule is CC12CCC34CC35CC[C@H](OC3CN(C(=O)CC6CC6)CCO3)C(C)(C)C5CCC4C1CC1OC(CCC=O)CCC12. The molecule has 42 heavy (non-hydrogen) atoms. The molecule has 0 aromatic rings. The fourth-order valence-electron chi connectivity index (χ4n) is 12.8. The van der Waals surface area contributed by atoms with Crippen LogP contribution in [0.25, 0.3) is 0 Å². The lowest BCUT2D eigenvalue weighted by Crippen LogP contribution is -2.56. The number of aldehydes is 1. The zero-order chi connectivity index (χ0) is 28.9. The van der Waals surface area contributed by atoms with Gasteiger partial charge in [-0.1, -0.05) is 20.8 Å². The number of amides is 1. The first-order valence-electron chi connectivity index (χ1n) is 17.8. The zero-order valence-electron chi connectivity index (χ0n) is 26.5. The van der Waals surface area contributed by atoms with E-state index in [2.05, 4.69) is 20.8 Å². The van der Waals surface area contributed by atoms with Gasteiger partial charge < -0.3 is 23.9 Å². The lowest BCUT2D eigenvalue weighted by molar-refractivity contribution is -0.244. The van der Waals surface area contributed by atoms with Gasteiger partial charge in [-0.05, 0) is 135 Å². The Balaban J connectivity index is 0.951. The Hall–Kier alpha value is -0.980. The molecule has 0 aromatic heterocycles. The van der Waals surface area contributed by atoms with Crippen LogP contribution in [0.15, 0.2) is 0 Å². The second kappa shape index (κ2) is 10.0. The van der Waals surface area contributed by atoms with Gasteiger partial charge in [-0.15, -0.1) is 0 Å². The van der Waals surface area contributed by atoms with Gasteiger partial charge in [-0.25, -0.2) is 0 Å². The maximum Gasteiger partial charge on any atom is 0.223 e. The highest BCUT2D eigenvalue weighted by Crippen LogP contribution is 2.87. The molecular formula is C36H55NO5. The monoisotopic (exact) mass is 581 g/mol. The highest BCUT2D eigenvalue weighted by Gasteiger charge is 2.80. The predicted molar refractivity (Wildman–Crippen MR) is 159 cm³/mol. The van der Waals surface area contributed by atoms with Crippen molar-refractivity contribution in [1.82, 2.24) is 4.90 Å². The molecule has 2 aliphatic heterocycles.